The number of amides is 1. The van der Waals surface area contributed by atoms with Gasteiger partial charge in [-0.1, -0.05) is 19.9 Å². The normalized spacial score (nSPS) is 13.6. The molecule has 3 N–H and O–H groups in total. The molecule has 5 nitrogen and oxygen atoms in total. The highest BCUT2D eigenvalue weighted by molar-refractivity contribution is 5.76. The number of ether oxygens (including phenoxy) is 2. The molecule has 0 heterocycles. The van der Waals surface area contributed by atoms with Crippen LogP contribution in [0.15, 0.2) is 18.2 Å². The summed E-state index contributed by atoms with van der Waals surface area (Å²) in [5, 5.41) is 3.34. The number of hydrogen-bond acceptors (Lipinski definition) is 4. The maximum Gasteiger partial charge on any atom is 0.223 e. The van der Waals surface area contributed by atoms with Gasteiger partial charge in [0.1, 0.15) is 0 Å². The Morgan fingerprint density at radius 1 is 1.35 bits per heavy atom. The molecular weight excluding hydrogens is 256 g/mol. The van der Waals surface area contributed by atoms with Gasteiger partial charge in [0.05, 0.1) is 19.6 Å². The summed E-state index contributed by atoms with van der Waals surface area (Å²) >= 11 is 0. The van der Waals surface area contributed by atoms with Gasteiger partial charge in [0.15, 0.2) is 11.5 Å². The summed E-state index contributed by atoms with van der Waals surface area (Å²) < 4.78 is 10.9. The molecule has 1 amide bonds. The van der Waals surface area contributed by atoms with Crippen LogP contribution >= 0.6 is 0 Å². The van der Waals surface area contributed by atoms with Gasteiger partial charge < -0.3 is 20.5 Å². The van der Waals surface area contributed by atoms with E-state index < -0.39 is 0 Å². The maximum absolute atomic E-state index is 11.0. The third kappa shape index (κ3) is 4.42. The lowest BCUT2D eigenvalue weighted by atomic mass is 10.1. The smallest absolute Gasteiger partial charge is 0.223 e. The Morgan fingerprint density at radius 3 is 2.60 bits per heavy atom. The zero-order valence-corrected chi connectivity index (χ0v) is 12.6. The summed E-state index contributed by atoms with van der Waals surface area (Å²) in [5.74, 6) is 0.568. The van der Waals surface area contributed by atoms with Crippen molar-refractivity contribution in [3.8, 4) is 11.5 Å². The number of methoxy groups -OCH3 is 1. The number of benzene rings is 1. The van der Waals surface area contributed by atoms with Crippen molar-refractivity contribution in [1.82, 2.24) is 5.32 Å². The van der Waals surface area contributed by atoms with Crippen LogP contribution in [0.5, 0.6) is 11.5 Å². The summed E-state index contributed by atoms with van der Waals surface area (Å²) in [4.78, 5) is 11.0. The van der Waals surface area contributed by atoms with Gasteiger partial charge in [-0.15, -0.1) is 0 Å². The molecule has 5 heteroatoms. The van der Waals surface area contributed by atoms with Crippen LogP contribution in [-0.4, -0.2) is 26.2 Å². The molecule has 0 spiro atoms. The molecule has 0 aliphatic carbocycles. The third-order valence-corrected chi connectivity index (χ3v) is 3.17. The van der Waals surface area contributed by atoms with Crippen molar-refractivity contribution >= 4 is 5.91 Å². The highest BCUT2D eigenvalue weighted by Crippen LogP contribution is 2.30. The van der Waals surface area contributed by atoms with Crippen LogP contribution in [0.3, 0.4) is 0 Å². The second kappa shape index (κ2) is 7.75. The topological polar surface area (TPSA) is 73.6 Å². The molecule has 0 aromatic heterocycles. The van der Waals surface area contributed by atoms with E-state index in [9.17, 15) is 4.79 Å². The van der Waals surface area contributed by atoms with E-state index in [1.165, 1.54) is 0 Å². The molecule has 0 saturated carbocycles. The van der Waals surface area contributed by atoms with Gasteiger partial charge in [0.2, 0.25) is 5.91 Å². The Kier molecular flexibility index (Phi) is 6.31. The van der Waals surface area contributed by atoms with E-state index in [-0.39, 0.29) is 24.5 Å². The number of nitrogens with two attached hydrogens (primary N) is 1. The van der Waals surface area contributed by atoms with Crippen molar-refractivity contribution in [2.75, 3.05) is 20.3 Å². The predicted octanol–water partition coefficient (Wildman–Crippen LogP) is 1.87. The van der Waals surface area contributed by atoms with E-state index in [1.54, 1.807) is 14.0 Å². The SMILES string of the molecule is CCNC(C)c1ccc(OCC(C)C(N)=O)c(OC)c1. The summed E-state index contributed by atoms with van der Waals surface area (Å²) in [7, 11) is 1.60. The van der Waals surface area contributed by atoms with E-state index in [2.05, 4.69) is 19.2 Å². The lowest BCUT2D eigenvalue weighted by Gasteiger charge is -2.17. The number of hydrogen-bond donors (Lipinski definition) is 2. The first-order valence-electron chi connectivity index (χ1n) is 6.83. The molecule has 1 aromatic carbocycles. The fraction of sp³-hybridized carbons (Fsp3) is 0.533. The van der Waals surface area contributed by atoms with Crippen LogP contribution in [-0.2, 0) is 4.79 Å². The lowest BCUT2D eigenvalue weighted by Crippen LogP contribution is -2.25. The molecule has 0 aliphatic rings. The molecule has 2 atom stereocenters. The molecule has 20 heavy (non-hydrogen) atoms. The van der Waals surface area contributed by atoms with Crippen LogP contribution < -0.4 is 20.5 Å². The van der Waals surface area contributed by atoms with Crippen molar-refractivity contribution in [2.24, 2.45) is 11.7 Å². The molecule has 1 aromatic rings. The van der Waals surface area contributed by atoms with Crippen LogP contribution in [0.25, 0.3) is 0 Å². The zero-order valence-electron chi connectivity index (χ0n) is 12.6. The van der Waals surface area contributed by atoms with Gasteiger partial charge >= 0.3 is 0 Å². The van der Waals surface area contributed by atoms with E-state index >= 15 is 0 Å². The molecule has 0 bridgehead atoms. The number of carbonyl (C=O) groups is 1. The Hall–Kier alpha value is -1.75. The second-order valence-corrected chi connectivity index (χ2v) is 4.80. The van der Waals surface area contributed by atoms with Crippen LogP contribution in [0.4, 0.5) is 0 Å². The molecule has 112 valence electrons. The van der Waals surface area contributed by atoms with Crippen molar-refractivity contribution in [2.45, 2.75) is 26.8 Å². The lowest BCUT2D eigenvalue weighted by molar-refractivity contribution is -0.122. The number of carbonyl (C=O) groups excluding carboxylic acids is 1. The minimum Gasteiger partial charge on any atom is -0.493 e. The predicted molar refractivity (Wildman–Crippen MR) is 78.9 cm³/mol. The zero-order chi connectivity index (χ0) is 15.1. The van der Waals surface area contributed by atoms with Gasteiger partial charge in [-0.05, 0) is 31.2 Å². The minimum absolute atomic E-state index is 0.243. The fourth-order valence-electron chi connectivity index (χ4n) is 1.79. The molecule has 0 saturated heterocycles. The summed E-state index contributed by atoms with van der Waals surface area (Å²) in [6, 6.07) is 6.03. The minimum atomic E-state index is -0.374. The van der Waals surface area contributed by atoms with E-state index in [1.807, 2.05) is 18.2 Å². The molecule has 1 rings (SSSR count). The molecule has 0 fully saturated rings. The largest absolute Gasteiger partial charge is 0.493 e. The average Bonchev–Trinajstić information content (AvgIpc) is 2.44. The first kappa shape index (κ1) is 16.3. The number of rotatable bonds is 8. The van der Waals surface area contributed by atoms with E-state index in [0.29, 0.717) is 11.5 Å². The van der Waals surface area contributed by atoms with Crippen molar-refractivity contribution in [1.29, 1.82) is 0 Å². The van der Waals surface area contributed by atoms with E-state index in [0.717, 1.165) is 12.1 Å². The highest BCUT2D eigenvalue weighted by atomic mass is 16.5. The summed E-state index contributed by atoms with van der Waals surface area (Å²) in [5.41, 5.74) is 6.33. The molecule has 0 radical (unpaired) electrons. The van der Waals surface area contributed by atoms with Crippen LogP contribution in [0, 0.1) is 5.92 Å². The average molecular weight is 280 g/mol. The molecule has 2 unspecified atom stereocenters. The maximum atomic E-state index is 11.0. The number of primary amides is 1. The van der Waals surface area contributed by atoms with Crippen molar-refractivity contribution in [3.05, 3.63) is 23.8 Å². The Bertz CT molecular complexity index is 449. The number of nitrogens with one attached hydrogen (secondary N) is 1. The summed E-state index contributed by atoms with van der Waals surface area (Å²) in [6.45, 7) is 7.03. The highest BCUT2D eigenvalue weighted by Gasteiger charge is 2.13. The van der Waals surface area contributed by atoms with Crippen molar-refractivity contribution < 1.29 is 14.3 Å². The third-order valence-electron chi connectivity index (χ3n) is 3.17. The Labute approximate surface area is 120 Å². The Morgan fingerprint density at radius 2 is 2.05 bits per heavy atom. The van der Waals surface area contributed by atoms with Crippen LogP contribution in [0.1, 0.15) is 32.4 Å². The molecule has 0 aliphatic heterocycles. The van der Waals surface area contributed by atoms with Crippen LogP contribution in [0.2, 0.25) is 0 Å². The van der Waals surface area contributed by atoms with Gasteiger partial charge in [-0.2, -0.15) is 0 Å². The fourth-order valence-corrected chi connectivity index (χ4v) is 1.79. The van der Waals surface area contributed by atoms with Gasteiger partial charge in [0.25, 0.3) is 0 Å². The van der Waals surface area contributed by atoms with Crippen molar-refractivity contribution in [3.63, 3.8) is 0 Å². The summed E-state index contributed by atoms with van der Waals surface area (Å²) in [6.07, 6.45) is 0. The first-order valence-corrected chi connectivity index (χ1v) is 6.83. The van der Waals surface area contributed by atoms with Gasteiger partial charge in [-0.25, -0.2) is 0 Å². The van der Waals surface area contributed by atoms with Gasteiger partial charge in [-0.3, -0.25) is 4.79 Å². The second-order valence-electron chi connectivity index (χ2n) is 4.80. The monoisotopic (exact) mass is 280 g/mol. The van der Waals surface area contributed by atoms with E-state index in [4.69, 9.17) is 15.2 Å². The first-order chi connectivity index (χ1) is 9.49. The quantitative estimate of drug-likeness (QED) is 0.762. The van der Waals surface area contributed by atoms with Gasteiger partial charge in [0, 0.05) is 6.04 Å². The molecular formula is C15H24N2O3. The standard InChI is InChI=1S/C15H24N2O3/c1-5-17-11(3)12-6-7-13(14(8-12)19-4)20-9-10(2)15(16)18/h6-8,10-11,17H,5,9H2,1-4H3,(H2,16,18). The Balaban J connectivity index is 2.80.